The molecule has 1 unspecified atom stereocenters. The molecule has 0 bridgehead atoms. The summed E-state index contributed by atoms with van der Waals surface area (Å²) in [6.45, 7) is 3.33. The van der Waals surface area contributed by atoms with Gasteiger partial charge in [0.15, 0.2) is 0 Å². The van der Waals surface area contributed by atoms with E-state index in [0.717, 1.165) is 11.1 Å². The van der Waals surface area contributed by atoms with Gasteiger partial charge in [0.1, 0.15) is 5.82 Å². The van der Waals surface area contributed by atoms with Crippen LogP contribution >= 0.6 is 7.60 Å². The van der Waals surface area contributed by atoms with Gasteiger partial charge in [-0.15, -0.1) is 0 Å². The first kappa shape index (κ1) is 23.6. The molecule has 32 heavy (non-hydrogen) atoms. The van der Waals surface area contributed by atoms with E-state index in [9.17, 15) is 14.5 Å². The van der Waals surface area contributed by atoms with E-state index in [1.165, 1.54) is 0 Å². The van der Waals surface area contributed by atoms with E-state index in [4.69, 9.17) is 14.0 Å². The molecule has 1 heterocycles. The highest BCUT2D eigenvalue weighted by molar-refractivity contribution is 7.55. The molecule has 0 radical (unpaired) electrons. The fourth-order valence-electron chi connectivity index (χ4n) is 3.16. The Labute approximate surface area is 187 Å². The summed E-state index contributed by atoms with van der Waals surface area (Å²) < 4.78 is 23.7. The summed E-state index contributed by atoms with van der Waals surface area (Å²) in [6.07, 6.45) is 1.95. The number of hydrogen-bond acceptors (Lipinski definition) is 7. The molecule has 168 valence electrons. The van der Waals surface area contributed by atoms with Crippen molar-refractivity contribution in [2.45, 2.75) is 26.1 Å². The van der Waals surface area contributed by atoms with E-state index in [0.29, 0.717) is 17.8 Å². The molecular weight excluding hydrogens is 429 g/mol. The van der Waals surface area contributed by atoms with Gasteiger partial charge in [-0.05, 0) is 19.4 Å². The van der Waals surface area contributed by atoms with Crippen LogP contribution in [0.3, 0.4) is 0 Å². The summed E-state index contributed by atoms with van der Waals surface area (Å²) in [7, 11) is -4.00. The quantitative estimate of drug-likeness (QED) is 0.396. The molecule has 8 nitrogen and oxygen atoms in total. The second-order valence-electron chi connectivity index (χ2n) is 6.84. The van der Waals surface area contributed by atoms with Gasteiger partial charge in [-0.2, -0.15) is 0 Å². The lowest BCUT2D eigenvalue weighted by Gasteiger charge is -2.25. The third-order valence-corrected chi connectivity index (χ3v) is 6.79. The van der Waals surface area contributed by atoms with Gasteiger partial charge in [0.2, 0.25) is 5.78 Å². The molecule has 2 N–H and O–H groups in total. The maximum absolute atomic E-state index is 13.2. The SMILES string of the molecule is CCOP(=O)(OCC)C(Nc1ncc(-c2ccccc2)nc1Cc1ccccc1)C(=O)O. The van der Waals surface area contributed by atoms with Crippen molar-refractivity contribution in [3.8, 4) is 11.3 Å². The predicted molar refractivity (Wildman–Crippen MR) is 123 cm³/mol. The molecule has 0 aliphatic carbocycles. The highest BCUT2D eigenvalue weighted by Crippen LogP contribution is 2.53. The van der Waals surface area contributed by atoms with Crippen molar-refractivity contribution in [1.29, 1.82) is 0 Å². The van der Waals surface area contributed by atoms with Gasteiger partial charge >= 0.3 is 13.6 Å². The van der Waals surface area contributed by atoms with Crippen LogP contribution in [0.25, 0.3) is 11.3 Å². The first-order valence-electron chi connectivity index (χ1n) is 10.3. The van der Waals surface area contributed by atoms with Gasteiger partial charge in [-0.3, -0.25) is 4.57 Å². The lowest BCUT2D eigenvalue weighted by atomic mass is 10.1. The van der Waals surface area contributed by atoms with E-state index in [2.05, 4.69) is 10.3 Å². The third kappa shape index (κ3) is 5.79. The average Bonchev–Trinajstić information content (AvgIpc) is 2.79. The zero-order valence-electron chi connectivity index (χ0n) is 18.0. The second-order valence-corrected chi connectivity index (χ2v) is 8.95. The molecule has 0 amide bonds. The van der Waals surface area contributed by atoms with Crippen LogP contribution in [0.2, 0.25) is 0 Å². The zero-order chi connectivity index (χ0) is 23.0. The topological polar surface area (TPSA) is 111 Å². The molecule has 3 rings (SSSR count). The van der Waals surface area contributed by atoms with Crippen molar-refractivity contribution in [1.82, 2.24) is 9.97 Å². The maximum Gasteiger partial charge on any atom is 0.364 e. The van der Waals surface area contributed by atoms with E-state index >= 15 is 0 Å². The fraction of sp³-hybridized carbons (Fsp3) is 0.261. The molecule has 0 aliphatic rings. The first-order valence-corrected chi connectivity index (χ1v) is 11.9. The first-order chi connectivity index (χ1) is 15.5. The number of carboxylic acids is 1. The number of nitrogens with zero attached hydrogens (tertiary/aromatic N) is 2. The predicted octanol–water partition coefficient (Wildman–Crippen LogP) is 4.82. The molecule has 2 aromatic carbocycles. The Morgan fingerprint density at radius 1 is 1.03 bits per heavy atom. The number of benzene rings is 2. The summed E-state index contributed by atoms with van der Waals surface area (Å²) in [5.41, 5.74) is 3.01. The number of nitrogens with one attached hydrogen (secondary N) is 1. The minimum atomic E-state index is -4.00. The number of carboxylic acid groups (broad SMARTS) is 1. The smallest absolute Gasteiger partial charge is 0.364 e. The lowest BCUT2D eigenvalue weighted by molar-refractivity contribution is -0.136. The van der Waals surface area contributed by atoms with Crippen LogP contribution in [-0.2, 0) is 24.8 Å². The molecule has 9 heteroatoms. The van der Waals surface area contributed by atoms with Crippen LogP contribution in [-0.4, -0.2) is 40.0 Å². The van der Waals surface area contributed by atoms with Crippen LogP contribution in [0.4, 0.5) is 5.82 Å². The summed E-state index contributed by atoms with van der Waals surface area (Å²) in [6, 6.07) is 19.2. The number of anilines is 1. The van der Waals surface area contributed by atoms with Crippen LogP contribution in [0.5, 0.6) is 0 Å². The largest absolute Gasteiger partial charge is 0.479 e. The second kappa shape index (κ2) is 11.0. The number of aliphatic carboxylic acids is 1. The Morgan fingerprint density at radius 2 is 1.62 bits per heavy atom. The molecule has 0 saturated carbocycles. The van der Waals surface area contributed by atoms with Gasteiger partial charge in [0.05, 0.1) is 30.8 Å². The summed E-state index contributed by atoms with van der Waals surface area (Å²) in [4.78, 5) is 21.2. The molecule has 0 spiro atoms. The summed E-state index contributed by atoms with van der Waals surface area (Å²) in [5, 5.41) is 12.6. The standard InChI is InChI=1S/C23H26N3O5P/c1-3-30-32(29,31-4-2)22(23(27)28)26-21-19(15-17-11-7-5-8-12-17)25-20(16-24-21)18-13-9-6-10-14-18/h5-14,16,22H,3-4,15H2,1-2H3,(H,24,26)(H,27,28). The molecule has 0 fully saturated rings. The minimum absolute atomic E-state index is 0.0399. The molecular formula is C23H26N3O5P. The highest BCUT2D eigenvalue weighted by Gasteiger charge is 2.42. The number of hydrogen-bond donors (Lipinski definition) is 2. The van der Waals surface area contributed by atoms with E-state index < -0.39 is 19.3 Å². The van der Waals surface area contributed by atoms with Crippen molar-refractivity contribution >= 4 is 19.4 Å². The van der Waals surface area contributed by atoms with Gasteiger partial charge in [-0.25, -0.2) is 14.8 Å². The molecule has 1 atom stereocenters. The Balaban J connectivity index is 2.03. The Hall–Kier alpha value is -3.06. The average molecular weight is 455 g/mol. The van der Waals surface area contributed by atoms with Crippen LogP contribution in [0, 0.1) is 0 Å². The summed E-state index contributed by atoms with van der Waals surface area (Å²) >= 11 is 0. The molecule has 0 aliphatic heterocycles. The van der Waals surface area contributed by atoms with E-state index in [1.54, 1.807) is 20.0 Å². The van der Waals surface area contributed by atoms with E-state index in [-0.39, 0.29) is 19.0 Å². The Morgan fingerprint density at radius 3 is 2.19 bits per heavy atom. The fourth-order valence-corrected chi connectivity index (χ4v) is 4.80. The van der Waals surface area contributed by atoms with Crippen molar-refractivity contribution < 1.29 is 23.5 Å². The monoisotopic (exact) mass is 455 g/mol. The molecule has 3 aromatic rings. The lowest BCUT2D eigenvalue weighted by Crippen LogP contribution is -2.32. The number of carbonyl (C=O) groups is 1. The Bertz CT molecular complexity index is 1070. The van der Waals surface area contributed by atoms with Crippen LogP contribution < -0.4 is 5.32 Å². The summed E-state index contributed by atoms with van der Waals surface area (Å²) in [5.74, 6) is -2.79. The molecule has 1 aromatic heterocycles. The normalized spacial score (nSPS) is 12.3. The van der Waals surface area contributed by atoms with Crippen molar-refractivity contribution in [3.05, 3.63) is 78.1 Å². The molecule has 0 saturated heterocycles. The number of rotatable bonds is 11. The minimum Gasteiger partial charge on any atom is -0.479 e. The van der Waals surface area contributed by atoms with Crippen LogP contribution in [0.15, 0.2) is 66.9 Å². The maximum atomic E-state index is 13.2. The number of aromatic nitrogens is 2. The van der Waals surface area contributed by atoms with E-state index in [1.807, 2.05) is 60.7 Å². The van der Waals surface area contributed by atoms with Crippen molar-refractivity contribution in [3.63, 3.8) is 0 Å². The van der Waals surface area contributed by atoms with Gasteiger partial charge in [0.25, 0.3) is 0 Å². The van der Waals surface area contributed by atoms with Gasteiger partial charge in [-0.1, -0.05) is 60.7 Å². The van der Waals surface area contributed by atoms with Gasteiger partial charge < -0.3 is 19.5 Å². The third-order valence-electron chi connectivity index (χ3n) is 4.57. The van der Waals surface area contributed by atoms with Crippen LogP contribution in [0.1, 0.15) is 25.1 Å². The van der Waals surface area contributed by atoms with Crippen molar-refractivity contribution in [2.75, 3.05) is 18.5 Å². The Kier molecular flexibility index (Phi) is 8.11. The highest BCUT2D eigenvalue weighted by atomic mass is 31.2. The van der Waals surface area contributed by atoms with Crippen molar-refractivity contribution in [2.24, 2.45) is 0 Å². The zero-order valence-corrected chi connectivity index (χ0v) is 18.9. The van der Waals surface area contributed by atoms with Gasteiger partial charge in [0, 0.05) is 12.0 Å².